The number of amidine groups is 1. The molecule has 0 bridgehead atoms. The van der Waals surface area contributed by atoms with Crippen LogP contribution in [0.1, 0.15) is 61.5 Å². The third-order valence-corrected chi connectivity index (χ3v) is 9.38. The number of aromatic nitrogens is 1. The van der Waals surface area contributed by atoms with Crippen LogP contribution in [0.5, 0.6) is 0 Å². The Morgan fingerprint density at radius 3 is 2.52 bits per heavy atom. The molecule has 0 amide bonds. The first-order valence-electron chi connectivity index (χ1n) is 14.0. The van der Waals surface area contributed by atoms with E-state index in [4.69, 9.17) is 9.98 Å². The van der Waals surface area contributed by atoms with Gasteiger partial charge in [0.05, 0.1) is 17.4 Å². The fourth-order valence-electron chi connectivity index (χ4n) is 6.06. The van der Waals surface area contributed by atoms with Crippen molar-refractivity contribution in [3.63, 3.8) is 0 Å². The van der Waals surface area contributed by atoms with Gasteiger partial charge in [0.1, 0.15) is 0 Å². The number of pyridine rings is 1. The van der Waals surface area contributed by atoms with E-state index in [2.05, 4.69) is 110 Å². The Morgan fingerprint density at radius 2 is 1.68 bits per heavy atom. The van der Waals surface area contributed by atoms with E-state index in [1.54, 1.807) is 0 Å². The number of hydrogen-bond donors (Lipinski definition) is 0. The van der Waals surface area contributed by atoms with E-state index in [1.165, 1.54) is 43.2 Å². The maximum atomic E-state index is 5.28. The number of benzene rings is 3. The number of allylic oxidation sites excluding steroid dienone is 3. The standard InChI is InChI=1S/C36H31N3S/c1-36(2)28-16-8-9-18-33(28)40-34-20-19-25(22-29(34)36)26-14-6-7-15-27(26)31-23-32(30-17-10-11-21-37-30)39-35(38-31)24-12-4-3-5-13-24/h3-4,6-12,14-22,31H,5,13,23H2,1-2H3. The largest absolute Gasteiger partial charge is 0.258 e. The normalized spacial score (nSPS) is 19.1. The molecule has 2 aliphatic heterocycles. The Labute approximate surface area is 240 Å². The molecule has 3 aromatic carbocycles. The zero-order valence-corrected chi connectivity index (χ0v) is 23.7. The van der Waals surface area contributed by atoms with Crippen molar-refractivity contribution in [3.05, 3.63) is 137 Å². The molecular weight excluding hydrogens is 506 g/mol. The van der Waals surface area contributed by atoms with Crippen molar-refractivity contribution < 1.29 is 0 Å². The van der Waals surface area contributed by atoms with Crippen molar-refractivity contribution in [1.82, 2.24) is 4.98 Å². The molecule has 0 saturated heterocycles. The smallest absolute Gasteiger partial charge is 0.151 e. The Morgan fingerprint density at radius 1 is 0.850 bits per heavy atom. The van der Waals surface area contributed by atoms with Crippen molar-refractivity contribution in [2.75, 3.05) is 0 Å². The summed E-state index contributed by atoms with van der Waals surface area (Å²) in [6, 6.07) is 30.6. The summed E-state index contributed by atoms with van der Waals surface area (Å²) in [7, 11) is 0. The van der Waals surface area contributed by atoms with Gasteiger partial charge in [-0.15, -0.1) is 0 Å². The number of nitrogens with zero attached hydrogens (tertiary/aromatic N) is 3. The van der Waals surface area contributed by atoms with Gasteiger partial charge in [-0.25, -0.2) is 4.99 Å². The highest BCUT2D eigenvalue weighted by molar-refractivity contribution is 7.99. The monoisotopic (exact) mass is 537 g/mol. The minimum absolute atomic E-state index is 0.0355. The zero-order valence-electron chi connectivity index (χ0n) is 22.8. The lowest BCUT2D eigenvalue weighted by Gasteiger charge is -2.35. The Hall–Kier alpha value is -4.02. The van der Waals surface area contributed by atoms with E-state index >= 15 is 0 Å². The van der Waals surface area contributed by atoms with Crippen LogP contribution in [0.2, 0.25) is 0 Å². The summed E-state index contributed by atoms with van der Waals surface area (Å²) >= 11 is 1.88. The van der Waals surface area contributed by atoms with Crippen LogP contribution in [0, 0.1) is 0 Å². The predicted octanol–water partition coefficient (Wildman–Crippen LogP) is 9.15. The maximum absolute atomic E-state index is 5.28. The molecule has 3 heterocycles. The minimum atomic E-state index is -0.0714. The summed E-state index contributed by atoms with van der Waals surface area (Å²) in [6.45, 7) is 4.69. The van der Waals surface area contributed by atoms with Gasteiger partial charge in [0.25, 0.3) is 0 Å². The first kappa shape index (κ1) is 25.0. The molecule has 0 spiro atoms. The summed E-state index contributed by atoms with van der Waals surface area (Å²) in [5.74, 6) is 0.843. The predicted molar refractivity (Wildman–Crippen MR) is 167 cm³/mol. The van der Waals surface area contributed by atoms with Crippen LogP contribution in [0.3, 0.4) is 0 Å². The molecule has 7 rings (SSSR count). The van der Waals surface area contributed by atoms with E-state index in [1.807, 2.05) is 30.1 Å². The minimum Gasteiger partial charge on any atom is -0.258 e. The van der Waals surface area contributed by atoms with Crippen molar-refractivity contribution in [3.8, 4) is 11.1 Å². The van der Waals surface area contributed by atoms with Gasteiger partial charge in [-0.2, -0.15) is 0 Å². The average Bonchev–Trinajstić information content (AvgIpc) is 3.02. The Balaban J connectivity index is 1.32. The molecule has 0 radical (unpaired) electrons. The van der Waals surface area contributed by atoms with Crippen LogP contribution in [0.4, 0.5) is 0 Å². The van der Waals surface area contributed by atoms with E-state index in [9.17, 15) is 0 Å². The highest BCUT2D eigenvalue weighted by Gasteiger charge is 2.33. The number of hydrogen-bond acceptors (Lipinski definition) is 4. The van der Waals surface area contributed by atoms with E-state index < -0.39 is 0 Å². The zero-order chi connectivity index (χ0) is 27.1. The molecule has 3 nitrogen and oxygen atoms in total. The number of rotatable bonds is 4. The van der Waals surface area contributed by atoms with Gasteiger partial charge < -0.3 is 0 Å². The third-order valence-electron chi connectivity index (χ3n) is 8.23. The van der Waals surface area contributed by atoms with Crippen molar-refractivity contribution >= 4 is 23.3 Å². The molecule has 0 saturated carbocycles. The van der Waals surface area contributed by atoms with Crippen LogP contribution >= 0.6 is 11.8 Å². The van der Waals surface area contributed by atoms with Gasteiger partial charge in [0.2, 0.25) is 0 Å². The van der Waals surface area contributed by atoms with Gasteiger partial charge in [-0.1, -0.05) is 98.4 Å². The number of fused-ring (bicyclic) bond motifs is 2. The van der Waals surface area contributed by atoms with Crippen molar-refractivity contribution in [2.45, 2.75) is 54.4 Å². The van der Waals surface area contributed by atoms with Gasteiger partial charge in [0.15, 0.2) is 5.84 Å². The molecule has 1 aliphatic carbocycles. The number of aliphatic imine (C=N–C) groups is 2. The molecule has 4 heteroatoms. The summed E-state index contributed by atoms with van der Waals surface area (Å²) in [5.41, 5.74) is 9.53. The topological polar surface area (TPSA) is 37.6 Å². The SMILES string of the molecule is CC1(C)c2ccccc2Sc2ccc(-c3ccccc3C3CC(c4ccccn4)=NC(C4=CC=CCC4)=N3)cc21. The summed E-state index contributed by atoms with van der Waals surface area (Å²) in [5, 5.41) is 0. The molecule has 40 heavy (non-hydrogen) atoms. The van der Waals surface area contributed by atoms with Crippen LogP contribution in [0.15, 0.2) is 135 Å². The molecule has 3 aliphatic rings. The molecule has 1 unspecified atom stereocenters. The van der Waals surface area contributed by atoms with Crippen molar-refractivity contribution in [1.29, 1.82) is 0 Å². The molecule has 0 N–H and O–H groups in total. The van der Waals surface area contributed by atoms with Gasteiger partial charge in [-0.3, -0.25) is 9.98 Å². The summed E-state index contributed by atoms with van der Waals surface area (Å²) < 4.78 is 0. The summed E-state index contributed by atoms with van der Waals surface area (Å²) in [6.07, 6.45) is 11.0. The first-order chi connectivity index (χ1) is 19.6. The van der Waals surface area contributed by atoms with E-state index in [0.29, 0.717) is 0 Å². The molecule has 1 aromatic heterocycles. The van der Waals surface area contributed by atoms with Crippen LogP contribution in [-0.4, -0.2) is 16.5 Å². The fourth-order valence-corrected chi connectivity index (χ4v) is 7.43. The quantitative estimate of drug-likeness (QED) is 0.260. The molecule has 0 fully saturated rings. The highest BCUT2D eigenvalue weighted by Crippen LogP contribution is 2.50. The Bertz CT molecular complexity index is 1730. The second-order valence-electron chi connectivity index (χ2n) is 11.1. The lowest BCUT2D eigenvalue weighted by atomic mass is 9.76. The molecular formula is C36H31N3S. The maximum Gasteiger partial charge on any atom is 0.151 e. The van der Waals surface area contributed by atoms with Gasteiger partial charge in [0, 0.05) is 27.8 Å². The second kappa shape index (κ2) is 10.2. The van der Waals surface area contributed by atoms with Crippen LogP contribution < -0.4 is 0 Å². The second-order valence-corrected chi connectivity index (χ2v) is 12.2. The molecule has 196 valence electrons. The third kappa shape index (κ3) is 4.47. The Kier molecular flexibility index (Phi) is 6.36. The molecule has 4 aromatic rings. The van der Waals surface area contributed by atoms with Crippen LogP contribution in [0.25, 0.3) is 11.1 Å². The first-order valence-corrected chi connectivity index (χ1v) is 14.8. The van der Waals surface area contributed by atoms with Crippen LogP contribution in [-0.2, 0) is 5.41 Å². The summed E-state index contributed by atoms with van der Waals surface area (Å²) in [4.78, 5) is 17.7. The fraction of sp³-hybridized carbons (Fsp3) is 0.194. The highest BCUT2D eigenvalue weighted by atomic mass is 32.2. The van der Waals surface area contributed by atoms with Gasteiger partial charge >= 0.3 is 0 Å². The van der Waals surface area contributed by atoms with Gasteiger partial charge in [-0.05, 0) is 76.6 Å². The average molecular weight is 538 g/mol. The lowest BCUT2D eigenvalue weighted by Crippen LogP contribution is -2.23. The van der Waals surface area contributed by atoms with Crippen molar-refractivity contribution in [2.24, 2.45) is 9.98 Å². The lowest BCUT2D eigenvalue weighted by molar-refractivity contribution is 0.607. The molecule has 1 atom stereocenters. The van der Waals surface area contributed by atoms with E-state index in [0.717, 1.165) is 36.5 Å². The van der Waals surface area contributed by atoms with E-state index in [-0.39, 0.29) is 11.5 Å².